The van der Waals surface area contributed by atoms with E-state index in [9.17, 15) is 0 Å². The molecule has 0 radical (unpaired) electrons. The van der Waals surface area contributed by atoms with E-state index in [2.05, 4.69) is 32.2 Å². The second-order valence-corrected chi connectivity index (χ2v) is 5.64. The maximum absolute atomic E-state index is 5.97. The van der Waals surface area contributed by atoms with Crippen LogP contribution in [0.5, 0.6) is 0 Å². The Morgan fingerprint density at radius 2 is 2.00 bits per heavy atom. The highest BCUT2D eigenvalue weighted by atomic mass is 35.5. The smallest absolute Gasteiger partial charge is 0.241 e. The Balaban J connectivity index is 1.76. The molecule has 6 nitrogen and oxygen atoms in total. The number of imidazole rings is 1. The third-order valence-corrected chi connectivity index (χ3v) is 3.85. The summed E-state index contributed by atoms with van der Waals surface area (Å²) < 4.78 is 1.71. The highest BCUT2D eigenvalue weighted by Gasteiger charge is 2.19. The molecule has 1 aliphatic carbocycles. The van der Waals surface area contributed by atoms with Gasteiger partial charge in [0.1, 0.15) is 6.33 Å². The molecule has 106 valence electrons. The number of hydrogen-bond donors (Lipinski definition) is 1. The highest BCUT2D eigenvalue weighted by molar-refractivity contribution is 6.28. The summed E-state index contributed by atoms with van der Waals surface area (Å²) in [5, 5.41) is 3.55. The van der Waals surface area contributed by atoms with Crippen LogP contribution in [-0.4, -0.2) is 30.5 Å². The number of nitrogens with zero attached hydrogens (tertiary/aromatic N) is 5. The predicted octanol–water partition coefficient (Wildman–Crippen LogP) is 2.70. The van der Waals surface area contributed by atoms with Gasteiger partial charge < -0.3 is 5.32 Å². The fourth-order valence-corrected chi connectivity index (χ4v) is 2.64. The Hall–Kier alpha value is -1.69. The van der Waals surface area contributed by atoms with Gasteiger partial charge >= 0.3 is 0 Å². The molecule has 1 saturated carbocycles. The van der Waals surface area contributed by atoms with E-state index in [1.807, 2.05) is 0 Å². The van der Waals surface area contributed by atoms with Gasteiger partial charge in [-0.05, 0) is 43.2 Å². The van der Waals surface area contributed by atoms with Crippen molar-refractivity contribution in [2.45, 2.75) is 38.6 Å². The lowest BCUT2D eigenvalue weighted by Gasteiger charge is -2.26. The highest BCUT2D eigenvalue weighted by Crippen LogP contribution is 2.25. The van der Waals surface area contributed by atoms with Gasteiger partial charge in [-0.2, -0.15) is 15.0 Å². The molecule has 20 heavy (non-hydrogen) atoms. The molecule has 0 aromatic carbocycles. The van der Waals surface area contributed by atoms with Crippen molar-refractivity contribution in [1.82, 2.24) is 24.5 Å². The first-order valence-corrected chi connectivity index (χ1v) is 7.25. The lowest BCUT2D eigenvalue weighted by molar-refractivity contribution is 0.360. The first kappa shape index (κ1) is 13.3. The van der Waals surface area contributed by atoms with E-state index in [4.69, 9.17) is 11.6 Å². The number of aromatic nitrogens is 5. The van der Waals surface area contributed by atoms with Gasteiger partial charge in [-0.15, -0.1) is 0 Å². The van der Waals surface area contributed by atoms with Crippen molar-refractivity contribution in [3.8, 4) is 5.95 Å². The molecular weight excluding hydrogens is 276 g/mol. The lowest BCUT2D eigenvalue weighted by atomic mass is 9.87. The van der Waals surface area contributed by atoms with Gasteiger partial charge in [-0.3, -0.25) is 4.57 Å². The minimum atomic E-state index is 0.190. The minimum Gasteiger partial charge on any atom is -0.351 e. The standard InChI is InChI=1S/C13H17ClN6/c1-9-2-4-10(5-3-9)16-12-17-11(14)18-13(19-12)20-7-6-15-8-20/h6-10H,2-5H2,1H3,(H,16,17,18,19). The Kier molecular flexibility index (Phi) is 3.82. The molecule has 2 aromatic heterocycles. The van der Waals surface area contributed by atoms with Gasteiger partial charge in [0.05, 0.1) is 0 Å². The van der Waals surface area contributed by atoms with Crippen LogP contribution >= 0.6 is 11.6 Å². The molecule has 0 bridgehead atoms. The zero-order valence-electron chi connectivity index (χ0n) is 11.3. The van der Waals surface area contributed by atoms with Crippen molar-refractivity contribution in [2.24, 2.45) is 5.92 Å². The molecule has 3 rings (SSSR count). The summed E-state index contributed by atoms with van der Waals surface area (Å²) >= 11 is 5.97. The van der Waals surface area contributed by atoms with E-state index >= 15 is 0 Å². The molecule has 2 heterocycles. The monoisotopic (exact) mass is 292 g/mol. The number of nitrogens with one attached hydrogen (secondary N) is 1. The van der Waals surface area contributed by atoms with E-state index in [0.29, 0.717) is 17.9 Å². The number of hydrogen-bond acceptors (Lipinski definition) is 5. The molecular formula is C13H17ClN6. The third-order valence-electron chi connectivity index (χ3n) is 3.68. The minimum absolute atomic E-state index is 0.190. The molecule has 0 aliphatic heterocycles. The molecule has 7 heteroatoms. The Labute approximate surface area is 122 Å². The van der Waals surface area contributed by atoms with Crippen LogP contribution in [0.25, 0.3) is 5.95 Å². The van der Waals surface area contributed by atoms with Crippen LogP contribution in [-0.2, 0) is 0 Å². The van der Waals surface area contributed by atoms with Crippen LogP contribution in [0.1, 0.15) is 32.6 Å². The predicted molar refractivity (Wildman–Crippen MR) is 77.0 cm³/mol. The molecule has 0 unspecified atom stereocenters. The van der Waals surface area contributed by atoms with Crippen LogP contribution in [0.3, 0.4) is 0 Å². The van der Waals surface area contributed by atoms with Crippen molar-refractivity contribution in [2.75, 3.05) is 5.32 Å². The summed E-state index contributed by atoms with van der Waals surface area (Å²) in [7, 11) is 0. The summed E-state index contributed by atoms with van der Waals surface area (Å²) in [5.74, 6) is 1.83. The summed E-state index contributed by atoms with van der Waals surface area (Å²) in [5.41, 5.74) is 0. The first-order chi connectivity index (χ1) is 9.70. The van der Waals surface area contributed by atoms with Crippen LogP contribution in [0.2, 0.25) is 5.28 Å². The Bertz CT molecular complexity index is 562. The van der Waals surface area contributed by atoms with Gasteiger partial charge in [0, 0.05) is 18.4 Å². The lowest BCUT2D eigenvalue weighted by Crippen LogP contribution is -2.26. The molecule has 0 spiro atoms. The second-order valence-electron chi connectivity index (χ2n) is 5.30. The third kappa shape index (κ3) is 3.07. The normalized spacial score (nSPS) is 22.7. The first-order valence-electron chi connectivity index (χ1n) is 6.87. The summed E-state index contributed by atoms with van der Waals surface area (Å²) in [6, 6.07) is 0.417. The van der Waals surface area contributed by atoms with Crippen LogP contribution in [0.4, 0.5) is 5.95 Å². The Morgan fingerprint density at radius 1 is 1.20 bits per heavy atom. The van der Waals surface area contributed by atoms with E-state index in [-0.39, 0.29) is 5.28 Å². The molecule has 1 aliphatic rings. The largest absolute Gasteiger partial charge is 0.351 e. The van der Waals surface area contributed by atoms with E-state index in [0.717, 1.165) is 18.8 Å². The Morgan fingerprint density at radius 3 is 2.70 bits per heavy atom. The zero-order valence-corrected chi connectivity index (χ0v) is 12.1. The van der Waals surface area contributed by atoms with Crippen LogP contribution < -0.4 is 5.32 Å². The maximum Gasteiger partial charge on any atom is 0.241 e. The molecule has 0 saturated heterocycles. The van der Waals surface area contributed by atoms with Crippen LogP contribution in [0.15, 0.2) is 18.7 Å². The van der Waals surface area contributed by atoms with Crippen molar-refractivity contribution >= 4 is 17.5 Å². The summed E-state index contributed by atoms with van der Waals surface area (Å²) in [6.07, 6.45) is 9.86. The second kappa shape index (κ2) is 5.75. The van der Waals surface area contributed by atoms with Crippen molar-refractivity contribution < 1.29 is 0 Å². The quantitative estimate of drug-likeness (QED) is 0.942. The van der Waals surface area contributed by atoms with Crippen molar-refractivity contribution in [3.63, 3.8) is 0 Å². The SMILES string of the molecule is CC1CCC(Nc2nc(Cl)nc(-n3ccnc3)n2)CC1. The van der Waals surface area contributed by atoms with Gasteiger partial charge in [-0.25, -0.2) is 4.98 Å². The van der Waals surface area contributed by atoms with E-state index in [1.54, 1.807) is 23.3 Å². The van der Waals surface area contributed by atoms with Gasteiger partial charge in [0.15, 0.2) is 0 Å². The molecule has 1 N–H and O–H groups in total. The molecule has 1 fully saturated rings. The number of halogens is 1. The van der Waals surface area contributed by atoms with Crippen LogP contribution in [0, 0.1) is 5.92 Å². The van der Waals surface area contributed by atoms with Crippen molar-refractivity contribution in [1.29, 1.82) is 0 Å². The summed E-state index contributed by atoms with van der Waals surface area (Å²) in [6.45, 7) is 2.30. The number of rotatable bonds is 3. The van der Waals surface area contributed by atoms with E-state index in [1.165, 1.54) is 12.8 Å². The fourth-order valence-electron chi connectivity index (χ4n) is 2.48. The van der Waals surface area contributed by atoms with E-state index < -0.39 is 0 Å². The van der Waals surface area contributed by atoms with Crippen molar-refractivity contribution in [3.05, 3.63) is 24.0 Å². The summed E-state index contributed by atoms with van der Waals surface area (Å²) in [4.78, 5) is 16.6. The average molecular weight is 293 g/mol. The molecule has 2 aromatic rings. The fraction of sp³-hybridized carbons (Fsp3) is 0.538. The maximum atomic E-state index is 5.97. The molecule has 0 amide bonds. The zero-order chi connectivity index (χ0) is 13.9. The number of anilines is 1. The average Bonchev–Trinajstić information content (AvgIpc) is 2.95. The molecule has 0 atom stereocenters. The van der Waals surface area contributed by atoms with Gasteiger partial charge in [-0.1, -0.05) is 6.92 Å². The topological polar surface area (TPSA) is 68.5 Å². The van der Waals surface area contributed by atoms with Gasteiger partial charge in [0.2, 0.25) is 17.2 Å². The van der Waals surface area contributed by atoms with Gasteiger partial charge in [0.25, 0.3) is 0 Å².